The number of benzene rings is 2. The number of hydrogen-bond donors (Lipinski definition) is 2. The van der Waals surface area contributed by atoms with Gasteiger partial charge in [-0.15, -0.1) is 0 Å². The Hall–Kier alpha value is -2.60. The van der Waals surface area contributed by atoms with Crippen molar-refractivity contribution >= 4 is 5.96 Å². The van der Waals surface area contributed by atoms with Gasteiger partial charge in [-0.2, -0.15) is 0 Å². The van der Waals surface area contributed by atoms with Crippen molar-refractivity contribution in [2.24, 2.45) is 4.99 Å². The third-order valence-corrected chi connectivity index (χ3v) is 4.69. The van der Waals surface area contributed by atoms with E-state index in [9.17, 15) is 4.39 Å². The highest BCUT2D eigenvalue weighted by Crippen LogP contribution is 2.22. The minimum absolute atomic E-state index is 0.182. The number of ether oxygens (including phenoxy) is 2. The van der Waals surface area contributed by atoms with Crippen LogP contribution in [0.1, 0.15) is 29.5 Å². The van der Waals surface area contributed by atoms with Gasteiger partial charge in [0.2, 0.25) is 0 Å². The van der Waals surface area contributed by atoms with Crippen LogP contribution in [0.3, 0.4) is 0 Å². The predicted molar refractivity (Wildman–Crippen MR) is 109 cm³/mol. The first-order valence-corrected chi connectivity index (χ1v) is 9.67. The minimum atomic E-state index is -0.241. The van der Waals surface area contributed by atoms with E-state index in [-0.39, 0.29) is 11.9 Å². The zero-order valence-corrected chi connectivity index (χ0v) is 16.5. The van der Waals surface area contributed by atoms with Crippen LogP contribution in [-0.2, 0) is 17.8 Å². The van der Waals surface area contributed by atoms with Gasteiger partial charge in [0.25, 0.3) is 0 Å². The first kappa shape index (κ1) is 20.1. The zero-order chi connectivity index (χ0) is 19.8. The van der Waals surface area contributed by atoms with E-state index in [4.69, 9.17) is 9.47 Å². The molecular weight excluding hydrogens is 357 g/mol. The van der Waals surface area contributed by atoms with Crippen LogP contribution in [0.5, 0.6) is 5.75 Å². The Morgan fingerprint density at radius 3 is 2.82 bits per heavy atom. The minimum Gasteiger partial charge on any atom is -0.491 e. The largest absolute Gasteiger partial charge is 0.491 e. The molecule has 1 aliphatic heterocycles. The first-order chi connectivity index (χ1) is 13.6. The van der Waals surface area contributed by atoms with Crippen molar-refractivity contribution in [3.63, 3.8) is 0 Å². The highest BCUT2D eigenvalue weighted by atomic mass is 19.1. The molecule has 2 aromatic carbocycles. The fourth-order valence-corrected chi connectivity index (χ4v) is 3.13. The monoisotopic (exact) mass is 385 g/mol. The Morgan fingerprint density at radius 2 is 2.07 bits per heavy atom. The normalized spacial score (nSPS) is 16.8. The van der Waals surface area contributed by atoms with Crippen molar-refractivity contribution in [3.8, 4) is 5.75 Å². The number of aryl methyl sites for hydroxylation is 1. The maximum atomic E-state index is 13.3. The maximum Gasteiger partial charge on any atom is 0.191 e. The van der Waals surface area contributed by atoms with Crippen LogP contribution in [0.25, 0.3) is 0 Å². The Balaban J connectivity index is 1.55. The molecule has 0 aromatic heterocycles. The van der Waals surface area contributed by atoms with E-state index in [0.29, 0.717) is 25.7 Å². The molecule has 0 spiro atoms. The summed E-state index contributed by atoms with van der Waals surface area (Å²) >= 11 is 0. The van der Waals surface area contributed by atoms with Gasteiger partial charge < -0.3 is 20.1 Å². The lowest BCUT2D eigenvalue weighted by Gasteiger charge is -2.17. The predicted octanol–water partition coefficient (Wildman–Crippen LogP) is 3.56. The second-order valence-corrected chi connectivity index (χ2v) is 6.97. The lowest BCUT2D eigenvalue weighted by Crippen LogP contribution is -2.36. The van der Waals surface area contributed by atoms with Crippen LogP contribution in [0.15, 0.2) is 47.5 Å². The van der Waals surface area contributed by atoms with Crippen molar-refractivity contribution < 1.29 is 13.9 Å². The number of halogens is 1. The van der Waals surface area contributed by atoms with Gasteiger partial charge in [0.05, 0.1) is 6.10 Å². The summed E-state index contributed by atoms with van der Waals surface area (Å²) < 4.78 is 25.0. The summed E-state index contributed by atoms with van der Waals surface area (Å²) in [7, 11) is 1.71. The molecule has 1 aliphatic rings. The van der Waals surface area contributed by atoms with Crippen molar-refractivity contribution in [2.75, 3.05) is 20.3 Å². The average Bonchev–Trinajstić information content (AvgIpc) is 3.21. The van der Waals surface area contributed by atoms with Gasteiger partial charge in [0.15, 0.2) is 5.96 Å². The molecule has 1 fully saturated rings. The molecule has 2 N–H and O–H groups in total. The molecule has 1 unspecified atom stereocenters. The topological polar surface area (TPSA) is 54.9 Å². The van der Waals surface area contributed by atoms with Crippen molar-refractivity contribution in [1.82, 2.24) is 10.6 Å². The van der Waals surface area contributed by atoms with E-state index < -0.39 is 0 Å². The second kappa shape index (κ2) is 10.1. The highest BCUT2D eigenvalue weighted by molar-refractivity contribution is 5.79. The molecule has 0 saturated carbocycles. The summed E-state index contributed by atoms with van der Waals surface area (Å²) in [5, 5.41) is 6.49. The molecule has 3 rings (SSSR count). The molecule has 0 radical (unpaired) electrons. The Kier molecular flexibility index (Phi) is 7.25. The molecule has 28 heavy (non-hydrogen) atoms. The van der Waals surface area contributed by atoms with Crippen molar-refractivity contribution in [1.29, 1.82) is 0 Å². The molecule has 1 atom stereocenters. The number of aliphatic imine (C=N–C) groups is 1. The molecule has 6 heteroatoms. The Labute approximate surface area is 166 Å². The Bertz CT molecular complexity index is 804. The van der Waals surface area contributed by atoms with E-state index in [1.165, 1.54) is 12.1 Å². The summed E-state index contributed by atoms with van der Waals surface area (Å²) in [5.41, 5.74) is 3.07. The van der Waals surface area contributed by atoms with Crippen LogP contribution in [-0.4, -0.2) is 32.3 Å². The Morgan fingerprint density at radius 1 is 1.21 bits per heavy atom. The van der Waals surface area contributed by atoms with Gasteiger partial charge in [-0.1, -0.05) is 24.3 Å². The molecular formula is C22H28FN3O2. The molecule has 1 saturated heterocycles. The van der Waals surface area contributed by atoms with E-state index in [1.54, 1.807) is 13.1 Å². The maximum absolute atomic E-state index is 13.3. The molecule has 5 nitrogen and oxygen atoms in total. The quantitative estimate of drug-likeness (QED) is 0.565. The fourth-order valence-electron chi connectivity index (χ4n) is 3.13. The fraction of sp³-hybridized carbons (Fsp3) is 0.409. The third kappa shape index (κ3) is 5.96. The standard InChI is InChI=1S/C22H28FN3O2/c1-16-8-9-18(21(11-16)28-15-20-7-4-10-27-20)14-26-22(24-2)25-13-17-5-3-6-19(23)12-17/h3,5-6,8-9,11-12,20H,4,7,10,13-15H2,1-2H3,(H2,24,25,26). The summed E-state index contributed by atoms with van der Waals surface area (Å²) in [6.45, 7) is 4.51. The second-order valence-electron chi connectivity index (χ2n) is 6.97. The van der Waals surface area contributed by atoms with Crippen molar-refractivity contribution in [2.45, 2.75) is 39.0 Å². The van der Waals surface area contributed by atoms with Gasteiger partial charge in [-0.3, -0.25) is 4.99 Å². The number of rotatable bonds is 7. The number of nitrogens with one attached hydrogen (secondary N) is 2. The van der Waals surface area contributed by atoms with Crippen LogP contribution < -0.4 is 15.4 Å². The molecule has 150 valence electrons. The summed E-state index contributed by atoms with van der Waals surface area (Å²) in [6, 6.07) is 12.7. The van der Waals surface area contributed by atoms with E-state index in [2.05, 4.69) is 40.7 Å². The smallest absolute Gasteiger partial charge is 0.191 e. The average molecular weight is 385 g/mol. The molecule has 0 aliphatic carbocycles. The molecule has 0 bridgehead atoms. The SMILES string of the molecule is CN=C(NCc1cccc(F)c1)NCc1ccc(C)cc1OCC1CCCO1. The van der Waals surface area contributed by atoms with Crippen molar-refractivity contribution in [3.05, 3.63) is 65.0 Å². The lowest BCUT2D eigenvalue weighted by molar-refractivity contribution is 0.0676. The third-order valence-electron chi connectivity index (χ3n) is 4.69. The molecule has 0 amide bonds. The van der Waals surface area contributed by atoms with Crippen LogP contribution in [0.2, 0.25) is 0 Å². The summed E-state index contributed by atoms with van der Waals surface area (Å²) in [5.74, 6) is 1.27. The van der Waals surface area contributed by atoms with E-state index in [0.717, 1.165) is 41.9 Å². The van der Waals surface area contributed by atoms with Crippen LogP contribution in [0.4, 0.5) is 4.39 Å². The summed E-state index contributed by atoms with van der Waals surface area (Å²) in [6.07, 6.45) is 2.33. The lowest BCUT2D eigenvalue weighted by atomic mass is 10.1. The van der Waals surface area contributed by atoms with Crippen LogP contribution in [0, 0.1) is 12.7 Å². The van der Waals surface area contributed by atoms with E-state index >= 15 is 0 Å². The first-order valence-electron chi connectivity index (χ1n) is 9.67. The zero-order valence-electron chi connectivity index (χ0n) is 16.5. The number of nitrogens with zero attached hydrogens (tertiary/aromatic N) is 1. The van der Waals surface area contributed by atoms with Gasteiger partial charge in [0, 0.05) is 32.3 Å². The summed E-state index contributed by atoms with van der Waals surface area (Å²) in [4.78, 5) is 4.24. The molecule has 1 heterocycles. The molecule has 2 aromatic rings. The van der Waals surface area contributed by atoms with Gasteiger partial charge >= 0.3 is 0 Å². The van der Waals surface area contributed by atoms with Gasteiger partial charge in [-0.05, 0) is 49.1 Å². The number of guanidine groups is 1. The van der Waals surface area contributed by atoms with Crippen LogP contribution >= 0.6 is 0 Å². The van der Waals surface area contributed by atoms with Gasteiger partial charge in [-0.25, -0.2) is 4.39 Å². The van der Waals surface area contributed by atoms with Gasteiger partial charge in [0.1, 0.15) is 18.2 Å². The number of hydrogen-bond acceptors (Lipinski definition) is 3. The van der Waals surface area contributed by atoms with E-state index in [1.807, 2.05) is 6.07 Å². The highest BCUT2D eigenvalue weighted by Gasteiger charge is 2.17.